The Labute approximate surface area is 180 Å². The molecule has 0 aliphatic carbocycles. The quantitative estimate of drug-likeness (QED) is 0.698. The van der Waals surface area contributed by atoms with Gasteiger partial charge in [0.1, 0.15) is 5.75 Å². The van der Waals surface area contributed by atoms with E-state index in [0.717, 1.165) is 0 Å². The number of halogens is 1. The average Bonchev–Trinajstić information content (AvgIpc) is 3.09. The predicted octanol–water partition coefficient (Wildman–Crippen LogP) is 2.23. The molecule has 30 heavy (non-hydrogen) atoms. The lowest BCUT2D eigenvalue weighted by molar-refractivity contribution is -0.126. The Balaban J connectivity index is 1.73. The number of amides is 2. The molecule has 10 heteroatoms. The van der Waals surface area contributed by atoms with Crippen molar-refractivity contribution < 1.29 is 22.7 Å². The van der Waals surface area contributed by atoms with Gasteiger partial charge in [0.2, 0.25) is 21.8 Å². The number of primary sulfonamides is 1. The van der Waals surface area contributed by atoms with Crippen molar-refractivity contribution in [3.05, 3.63) is 53.1 Å². The van der Waals surface area contributed by atoms with Crippen LogP contribution in [0.25, 0.3) is 0 Å². The molecule has 8 nitrogen and oxygen atoms in total. The number of nitrogens with zero attached hydrogens (tertiary/aromatic N) is 1. The molecule has 0 aromatic heterocycles. The van der Waals surface area contributed by atoms with E-state index >= 15 is 0 Å². The zero-order chi connectivity index (χ0) is 22.1. The van der Waals surface area contributed by atoms with Crippen LogP contribution in [0, 0.1) is 5.92 Å². The van der Waals surface area contributed by atoms with Crippen LogP contribution in [0.4, 0.5) is 5.69 Å². The number of nitrogens with two attached hydrogens (primary N) is 1. The first kappa shape index (κ1) is 22.1. The number of carbonyl (C=O) groups is 2. The van der Waals surface area contributed by atoms with Gasteiger partial charge >= 0.3 is 0 Å². The molecule has 160 valence electrons. The van der Waals surface area contributed by atoms with Gasteiger partial charge in [-0.1, -0.05) is 23.7 Å². The number of rotatable bonds is 6. The molecule has 1 aliphatic heterocycles. The van der Waals surface area contributed by atoms with Gasteiger partial charge in [0, 0.05) is 18.0 Å². The first-order valence-electron chi connectivity index (χ1n) is 9.17. The maximum atomic E-state index is 12.8. The summed E-state index contributed by atoms with van der Waals surface area (Å²) in [7, 11) is -2.35. The van der Waals surface area contributed by atoms with Gasteiger partial charge in [-0.2, -0.15) is 0 Å². The summed E-state index contributed by atoms with van der Waals surface area (Å²) >= 11 is 6.06. The second kappa shape index (κ2) is 8.63. The van der Waals surface area contributed by atoms with Crippen LogP contribution in [-0.4, -0.2) is 33.9 Å². The van der Waals surface area contributed by atoms with Gasteiger partial charge in [-0.15, -0.1) is 0 Å². The molecule has 0 bridgehead atoms. The highest BCUT2D eigenvalue weighted by Crippen LogP contribution is 2.35. The molecule has 1 heterocycles. The van der Waals surface area contributed by atoms with Gasteiger partial charge in [-0.3, -0.25) is 9.59 Å². The minimum atomic E-state index is -3.85. The summed E-state index contributed by atoms with van der Waals surface area (Å²) in [5.74, 6) is -0.591. The minimum absolute atomic E-state index is 0.0311. The zero-order valence-corrected chi connectivity index (χ0v) is 18.0. The number of hydrogen-bond acceptors (Lipinski definition) is 5. The van der Waals surface area contributed by atoms with Crippen LogP contribution in [0.2, 0.25) is 5.02 Å². The molecule has 2 amide bonds. The Morgan fingerprint density at radius 1 is 1.30 bits per heavy atom. The number of ether oxygens (including phenoxy) is 1. The smallest absolute Gasteiger partial charge is 0.238 e. The van der Waals surface area contributed by atoms with Crippen molar-refractivity contribution in [2.24, 2.45) is 11.1 Å². The second-order valence-electron chi connectivity index (χ2n) is 7.07. The van der Waals surface area contributed by atoms with Crippen molar-refractivity contribution in [1.29, 1.82) is 0 Å². The SMILES string of the molecule is COc1ccc(Cl)cc1N1CC(C(=O)NC(C)c2cccc(S(N)(=O)=O)c2)CC1=O. The fraction of sp³-hybridized carbons (Fsp3) is 0.300. The van der Waals surface area contributed by atoms with Crippen LogP contribution in [0.3, 0.4) is 0 Å². The molecular weight excluding hydrogens is 430 g/mol. The molecule has 1 fully saturated rings. The van der Waals surface area contributed by atoms with Crippen molar-refractivity contribution in [3.63, 3.8) is 0 Å². The monoisotopic (exact) mass is 451 g/mol. The third-order valence-corrected chi connectivity index (χ3v) is 6.12. The molecule has 0 spiro atoms. The summed E-state index contributed by atoms with van der Waals surface area (Å²) in [6.45, 7) is 1.92. The summed E-state index contributed by atoms with van der Waals surface area (Å²) in [5.41, 5.74) is 1.10. The number of carbonyl (C=O) groups excluding carboxylic acids is 2. The van der Waals surface area contributed by atoms with Gasteiger partial charge < -0.3 is 15.0 Å². The van der Waals surface area contributed by atoms with E-state index in [1.165, 1.54) is 24.1 Å². The summed E-state index contributed by atoms with van der Waals surface area (Å²) in [4.78, 5) is 26.8. The molecule has 3 N–H and O–H groups in total. The molecule has 0 radical (unpaired) electrons. The molecule has 3 rings (SSSR count). The molecule has 0 saturated carbocycles. The van der Waals surface area contributed by atoms with Crippen molar-refractivity contribution in [1.82, 2.24) is 5.32 Å². The number of anilines is 1. The number of hydrogen-bond donors (Lipinski definition) is 2. The normalized spacial score (nSPS) is 17.7. The third kappa shape index (κ3) is 4.75. The Bertz CT molecular complexity index is 1090. The zero-order valence-electron chi connectivity index (χ0n) is 16.5. The second-order valence-corrected chi connectivity index (χ2v) is 9.07. The molecule has 2 aromatic carbocycles. The number of sulfonamides is 1. The largest absolute Gasteiger partial charge is 0.495 e. The Kier molecular flexibility index (Phi) is 6.35. The standard InChI is InChI=1S/C20H22ClN3O5S/c1-12(13-4-3-5-16(8-13)30(22,27)28)23-20(26)14-9-19(25)24(11-14)17-10-15(21)6-7-18(17)29-2/h3-8,10,12,14H,9,11H2,1-2H3,(H,23,26)(H2,22,27,28). The van der Waals surface area contributed by atoms with E-state index in [1.807, 2.05) is 0 Å². The van der Waals surface area contributed by atoms with Crippen LogP contribution in [0.15, 0.2) is 47.4 Å². The number of methoxy groups -OCH3 is 1. The van der Waals surface area contributed by atoms with E-state index in [9.17, 15) is 18.0 Å². The van der Waals surface area contributed by atoms with Gasteiger partial charge in [0.15, 0.2) is 0 Å². The first-order chi connectivity index (χ1) is 14.1. The lowest BCUT2D eigenvalue weighted by Crippen LogP contribution is -2.34. The minimum Gasteiger partial charge on any atom is -0.495 e. The van der Waals surface area contributed by atoms with Crippen LogP contribution in [-0.2, 0) is 19.6 Å². The van der Waals surface area contributed by atoms with Gasteiger partial charge in [0.05, 0.1) is 29.7 Å². The fourth-order valence-corrected chi connectivity index (χ4v) is 4.10. The predicted molar refractivity (Wildman–Crippen MR) is 113 cm³/mol. The van der Waals surface area contributed by atoms with Crippen molar-refractivity contribution in [2.45, 2.75) is 24.3 Å². The first-order valence-corrected chi connectivity index (χ1v) is 11.1. The topological polar surface area (TPSA) is 119 Å². The van der Waals surface area contributed by atoms with Crippen molar-refractivity contribution in [2.75, 3.05) is 18.6 Å². The van der Waals surface area contributed by atoms with E-state index in [2.05, 4.69) is 5.32 Å². The molecular formula is C20H22ClN3O5S. The van der Waals surface area contributed by atoms with Gasteiger partial charge in [-0.25, -0.2) is 13.6 Å². The Morgan fingerprint density at radius 2 is 2.03 bits per heavy atom. The highest BCUT2D eigenvalue weighted by atomic mass is 35.5. The molecule has 2 unspecified atom stereocenters. The van der Waals surface area contributed by atoms with Crippen molar-refractivity contribution in [3.8, 4) is 5.75 Å². The summed E-state index contributed by atoms with van der Waals surface area (Å²) < 4.78 is 28.4. The highest BCUT2D eigenvalue weighted by Gasteiger charge is 2.36. The Morgan fingerprint density at radius 3 is 2.70 bits per heavy atom. The average molecular weight is 452 g/mol. The summed E-state index contributed by atoms with van der Waals surface area (Å²) in [6, 6.07) is 10.5. The molecule has 2 atom stereocenters. The van der Waals surface area contributed by atoms with Gasteiger partial charge in [-0.05, 0) is 42.8 Å². The highest BCUT2D eigenvalue weighted by molar-refractivity contribution is 7.89. The third-order valence-electron chi connectivity index (χ3n) is 4.97. The number of nitrogens with one attached hydrogen (secondary N) is 1. The van der Waals surface area contributed by atoms with Crippen molar-refractivity contribution >= 4 is 39.1 Å². The summed E-state index contributed by atoms with van der Waals surface area (Å²) in [6.07, 6.45) is 0.0471. The van der Waals surface area contributed by atoms with E-state index in [4.69, 9.17) is 21.5 Å². The lowest BCUT2D eigenvalue weighted by Gasteiger charge is -2.21. The van der Waals surface area contributed by atoms with Gasteiger partial charge in [0.25, 0.3) is 0 Å². The van der Waals surface area contributed by atoms with Crippen LogP contribution in [0.5, 0.6) is 5.75 Å². The number of benzene rings is 2. The fourth-order valence-electron chi connectivity index (χ4n) is 3.37. The molecule has 2 aromatic rings. The van der Waals surface area contributed by atoms with E-state index in [0.29, 0.717) is 22.0 Å². The molecule has 1 aliphatic rings. The Hall–Kier alpha value is -2.62. The van der Waals surface area contributed by atoms with Crippen LogP contribution in [0.1, 0.15) is 24.9 Å². The molecule has 1 saturated heterocycles. The maximum absolute atomic E-state index is 12.8. The van der Waals surface area contributed by atoms with E-state index in [1.54, 1.807) is 37.3 Å². The van der Waals surface area contributed by atoms with E-state index in [-0.39, 0.29) is 29.7 Å². The van der Waals surface area contributed by atoms with E-state index < -0.39 is 22.0 Å². The lowest BCUT2D eigenvalue weighted by atomic mass is 10.1. The van der Waals surface area contributed by atoms with Crippen LogP contribution < -0.4 is 20.1 Å². The summed E-state index contributed by atoms with van der Waals surface area (Å²) in [5, 5.41) is 8.46. The van der Waals surface area contributed by atoms with Crippen LogP contribution >= 0.6 is 11.6 Å². The maximum Gasteiger partial charge on any atom is 0.238 e.